The van der Waals surface area contributed by atoms with Gasteiger partial charge in [-0.15, -0.1) is 0 Å². The zero-order chi connectivity index (χ0) is 19.9. The first-order valence-corrected chi connectivity index (χ1v) is 10.0. The fourth-order valence-corrected chi connectivity index (χ4v) is 3.20. The second-order valence-corrected chi connectivity index (χ2v) is 7.16. The Hall–Kier alpha value is -2.51. The van der Waals surface area contributed by atoms with Crippen LogP contribution in [0.1, 0.15) is 26.2 Å². The molecule has 28 heavy (non-hydrogen) atoms. The molecule has 3 aromatic rings. The number of rotatable bonds is 8. The summed E-state index contributed by atoms with van der Waals surface area (Å²) in [6.07, 6.45) is 3.95. The van der Waals surface area contributed by atoms with Gasteiger partial charge in [0.15, 0.2) is 10.6 Å². The van der Waals surface area contributed by atoms with Crippen LogP contribution in [-0.4, -0.2) is 25.2 Å². The van der Waals surface area contributed by atoms with E-state index in [0.717, 1.165) is 30.8 Å². The van der Waals surface area contributed by atoms with Gasteiger partial charge in [0.05, 0.1) is 6.54 Å². The molecule has 0 saturated heterocycles. The molecule has 146 valence electrons. The number of anilines is 1. The summed E-state index contributed by atoms with van der Waals surface area (Å²) in [5, 5.41) is 8.13. The van der Waals surface area contributed by atoms with Crippen molar-refractivity contribution in [2.24, 2.45) is 0 Å². The zero-order valence-corrected chi connectivity index (χ0v) is 17.2. The summed E-state index contributed by atoms with van der Waals surface area (Å²) >= 11 is 11.6. The summed E-state index contributed by atoms with van der Waals surface area (Å²) in [6, 6.07) is 12.9. The number of aryl methyl sites for hydroxylation is 1. The monoisotopic (exact) mass is 415 g/mol. The van der Waals surface area contributed by atoms with E-state index in [1.54, 1.807) is 23.0 Å². The topological polar surface area (TPSA) is 64.7 Å². The Bertz CT molecular complexity index is 982. The number of unbranched alkanes of at least 4 members (excludes halogenated alkanes) is 1. The quantitative estimate of drug-likeness (QED) is 0.528. The van der Waals surface area contributed by atoms with Crippen molar-refractivity contribution in [2.45, 2.75) is 39.3 Å². The van der Waals surface area contributed by atoms with E-state index in [-0.39, 0.29) is 12.3 Å². The summed E-state index contributed by atoms with van der Waals surface area (Å²) in [4.78, 5) is 16.3. The smallest absolute Gasteiger partial charge is 0.227 e. The third-order valence-corrected chi connectivity index (χ3v) is 4.93. The molecule has 0 aliphatic rings. The van der Waals surface area contributed by atoms with Gasteiger partial charge >= 0.3 is 0 Å². The number of halogens is 1. The van der Waals surface area contributed by atoms with E-state index in [4.69, 9.17) is 23.8 Å². The average Bonchev–Trinajstić information content (AvgIpc) is 3.01. The second-order valence-electron chi connectivity index (χ2n) is 6.35. The highest BCUT2D eigenvalue weighted by atomic mass is 35.5. The number of carbonyl (C=O) groups excluding carboxylic acids is 1. The van der Waals surface area contributed by atoms with Gasteiger partial charge in [-0.25, -0.2) is 9.67 Å². The van der Waals surface area contributed by atoms with Crippen LogP contribution in [0.3, 0.4) is 0 Å². The minimum absolute atomic E-state index is 0.128. The average molecular weight is 416 g/mol. The van der Waals surface area contributed by atoms with Gasteiger partial charge in [0, 0.05) is 29.7 Å². The molecule has 0 radical (unpaired) electrons. The third-order valence-electron chi connectivity index (χ3n) is 4.24. The Balaban J connectivity index is 1.78. The van der Waals surface area contributed by atoms with Crippen LogP contribution in [0.25, 0.3) is 11.4 Å². The molecule has 2 aromatic heterocycles. The molecule has 2 heterocycles. The molecule has 0 spiro atoms. The lowest BCUT2D eigenvalue weighted by Crippen LogP contribution is -2.16. The number of hydrogen-bond acceptors (Lipinski definition) is 4. The third kappa shape index (κ3) is 5.05. The zero-order valence-electron chi connectivity index (χ0n) is 15.6. The van der Waals surface area contributed by atoms with Crippen LogP contribution >= 0.6 is 23.8 Å². The summed E-state index contributed by atoms with van der Waals surface area (Å²) < 4.78 is 4.36. The molecular formula is C20H22ClN5OS. The van der Waals surface area contributed by atoms with E-state index in [9.17, 15) is 4.79 Å². The van der Waals surface area contributed by atoms with Crippen LogP contribution in [-0.2, 0) is 17.9 Å². The maximum absolute atomic E-state index is 12.2. The summed E-state index contributed by atoms with van der Waals surface area (Å²) in [7, 11) is 0. The molecule has 1 aromatic carbocycles. The second kappa shape index (κ2) is 9.61. The Labute approximate surface area is 174 Å². The van der Waals surface area contributed by atoms with E-state index in [2.05, 4.69) is 22.3 Å². The summed E-state index contributed by atoms with van der Waals surface area (Å²) in [5.74, 6) is 1.20. The molecular weight excluding hydrogens is 394 g/mol. The van der Waals surface area contributed by atoms with Crippen molar-refractivity contribution in [1.82, 2.24) is 19.3 Å². The van der Waals surface area contributed by atoms with Gasteiger partial charge in [0.25, 0.3) is 0 Å². The Kier molecular flexibility index (Phi) is 6.95. The lowest BCUT2D eigenvalue weighted by Gasteiger charge is -2.06. The lowest BCUT2D eigenvalue weighted by molar-refractivity contribution is -0.116. The van der Waals surface area contributed by atoms with Crippen LogP contribution in [0, 0.1) is 4.77 Å². The van der Waals surface area contributed by atoms with Crippen LogP contribution in [0.2, 0.25) is 5.02 Å². The van der Waals surface area contributed by atoms with Gasteiger partial charge in [-0.2, -0.15) is 5.10 Å². The number of carbonyl (C=O) groups is 1. The van der Waals surface area contributed by atoms with Crippen molar-refractivity contribution in [2.75, 3.05) is 5.32 Å². The van der Waals surface area contributed by atoms with E-state index in [0.29, 0.717) is 22.2 Å². The molecule has 0 bridgehead atoms. The van der Waals surface area contributed by atoms with Gasteiger partial charge in [-0.05, 0) is 55.0 Å². The minimum Gasteiger partial charge on any atom is -0.311 e. The Morgan fingerprint density at radius 2 is 1.96 bits per heavy atom. The van der Waals surface area contributed by atoms with Gasteiger partial charge in [-0.3, -0.25) is 9.36 Å². The number of nitrogens with one attached hydrogen (secondary N) is 1. The molecule has 0 atom stereocenters. The predicted molar refractivity (Wildman–Crippen MR) is 114 cm³/mol. The molecule has 8 heteroatoms. The number of hydrogen-bond donors (Lipinski definition) is 1. The predicted octanol–water partition coefficient (Wildman–Crippen LogP) is 4.96. The number of nitrogens with zero attached hydrogens (tertiary/aromatic N) is 4. The Morgan fingerprint density at radius 3 is 2.64 bits per heavy atom. The van der Waals surface area contributed by atoms with Crippen molar-refractivity contribution < 1.29 is 4.79 Å². The molecule has 0 fully saturated rings. The van der Waals surface area contributed by atoms with E-state index in [1.165, 1.54) is 0 Å². The van der Waals surface area contributed by atoms with Crippen LogP contribution in [0.4, 0.5) is 5.82 Å². The van der Waals surface area contributed by atoms with Crippen molar-refractivity contribution in [3.63, 3.8) is 0 Å². The summed E-state index contributed by atoms with van der Waals surface area (Å²) in [5.41, 5.74) is 0.947. The van der Waals surface area contributed by atoms with E-state index >= 15 is 0 Å². The first-order valence-electron chi connectivity index (χ1n) is 9.23. The largest absolute Gasteiger partial charge is 0.311 e. The molecule has 1 N–H and O–H groups in total. The highest BCUT2D eigenvalue weighted by molar-refractivity contribution is 7.71. The molecule has 0 aliphatic heterocycles. The normalized spacial score (nSPS) is 10.8. The lowest BCUT2D eigenvalue weighted by atomic mass is 10.2. The summed E-state index contributed by atoms with van der Waals surface area (Å²) in [6.45, 7) is 3.32. The van der Waals surface area contributed by atoms with Gasteiger partial charge in [0.2, 0.25) is 5.91 Å². The van der Waals surface area contributed by atoms with Crippen LogP contribution < -0.4 is 5.32 Å². The first kappa shape index (κ1) is 20.2. The fourth-order valence-electron chi connectivity index (χ4n) is 2.77. The van der Waals surface area contributed by atoms with Gasteiger partial charge in [0.1, 0.15) is 5.82 Å². The molecule has 1 amide bonds. The van der Waals surface area contributed by atoms with Crippen LogP contribution in [0.15, 0.2) is 48.7 Å². The van der Waals surface area contributed by atoms with Crippen molar-refractivity contribution in [3.8, 4) is 11.4 Å². The number of pyridine rings is 1. The molecule has 3 rings (SSSR count). The molecule has 0 unspecified atom stereocenters. The van der Waals surface area contributed by atoms with Crippen molar-refractivity contribution in [1.29, 1.82) is 0 Å². The van der Waals surface area contributed by atoms with Crippen molar-refractivity contribution >= 4 is 35.5 Å². The standard InChI is InChI=1S/C20H22ClN5OS/c1-2-3-13-25-19(15-7-9-16(21)10-8-15)24-26(20(25)28)14-11-18(27)23-17-6-4-5-12-22-17/h4-10,12H,2-3,11,13-14H2,1H3,(H,22,23,27). The van der Waals surface area contributed by atoms with Gasteiger partial charge < -0.3 is 5.32 Å². The number of amides is 1. The first-order chi connectivity index (χ1) is 13.6. The minimum atomic E-state index is -0.128. The maximum Gasteiger partial charge on any atom is 0.227 e. The fraction of sp³-hybridized carbons (Fsp3) is 0.300. The van der Waals surface area contributed by atoms with Gasteiger partial charge in [-0.1, -0.05) is 31.0 Å². The molecule has 0 aliphatic carbocycles. The molecule has 0 saturated carbocycles. The maximum atomic E-state index is 12.2. The SMILES string of the molecule is CCCCn1c(-c2ccc(Cl)cc2)nn(CCC(=O)Nc2ccccn2)c1=S. The Morgan fingerprint density at radius 1 is 1.18 bits per heavy atom. The van der Waals surface area contributed by atoms with Crippen LogP contribution in [0.5, 0.6) is 0 Å². The van der Waals surface area contributed by atoms with E-state index < -0.39 is 0 Å². The highest BCUT2D eigenvalue weighted by Crippen LogP contribution is 2.21. The van der Waals surface area contributed by atoms with E-state index in [1.807, 2.05) is 34.9 Å². The highest BCUT2D eigenvalue weighted by Gasteiger charge is 2.14. The number of benzene rings is 1. The van der Waals surface area contributed by atoms with Crippen molar-refractivity contribution in [3.05, 3.63) is 58.5 Å². The number of aromatic nitrogens is 4. The molecule has 6 nitrogen and oxygen atoms in total.